The van der Waals surface area contributed by atoms with Gasteiger partial charge in [0.1, 0.15) is 4.21 Å². The molecular formula is C12H9BrClNO4S2. The number of hydrogen-bond acceptors (Lipinski definition) is 4. The standard InChI is InChI=1S/C12H9BrClNO4S2/c1-6-4-10(20-11(6)14)21(18,19)15-9-3-2-7(13)5-8(9)12(16)17/h2-5,15H,1H3,(H,16,17). The molecule has 0 saturated carbocycles. The number of thiophene rings is 1. The maximum atomic E-state index is 12.3. The number of anilines is 1. The van der Waals surface area contributed by atoms with Gasteiger partial charge in [-0.3, -0.25) is 4.72 Å². The van der Waals surface area contributed by atoms with Gasteiger partial charge >= 0.3 is 5.97 Å². The van der Waals surface area contributed by atoms with Gasteiger partial charge in [-0.25, -0.2) is 13.2 Å². The minimum absolute atomic E-state index is 0.00660. The van der Waals surface area contributed by atoms with Crippen LogP contribution >= 0.6 is 38.9 Å². The number of carboxylic acid groups (broad SMARTS) is 1. The molecule has 9 heteroatoms. The van der Waals surface area contributed by atoms with Gasteiger partial charge in [0.2, 0.25) is 0 Å². The molecule has 0 aliphatic heterocycles. The third kappa shape index (κ3) is 3.57. The Morgan fingerprint density at radius 2 is 2.05 bits per heavy atom. The molecule has 0 spiro atoms. The van der Waals surface area contributed by atoms with Gasteiger partial charge in [-0.2, -0.15) is 0 Å². The van der Waals surface area contributed by atoms with Gasteiger partial charge in [-0.15, -0.1) is 11.3 Å². The van der Waals surface area contributed by atoms with Gasteiger partial charge in [-0.1, -0.05) is 27.5 Å². The van der Waals surface area contributed by atoms with Crippen LogP contribution in [0, 0.1) is 6.92 Å². The van der Waals surface area contributed by atoms with E-state index < -0.39 is 16.0 Å². The van der Waals surface area contributed by atoms with E-state index in [0.29, 0.717) is 14.4 Å². The lowest BCUT2D eigenvalue weighted by molar-refractivity contribution is 0.0698. The molecule has 0 bridgehead atoms. The fraction of sp³-hybridized carbons (Fsp3) is 0.0833. The predicted molar refractivity (Wildman–Crippen MR) is 86.0 cm³/mol. The minimum Gasteiger partial charge on any atom is -0.478 e. The van der Waals surface area contributed by atoms with Crippen molar-refractivity contribution in [2.75, 3.05) is 4.72 Å². The largest absolute Gasteiger partial charge is 0.478 e. The Morgan fingerprint density at radius 1 is 1.38 bits per heavy atom. The van der Waals surface area contributed by atoms with Crippen molar-refractivity contribution in [3.05, 3.63) is 44.2 Å². The molecule has 2 rings (SSSR count). The maximum Gasteiger partial charge on any atom is 0.337 e. The summed E-state index contributed by atoms with van der Waals surface area (Å²) in [5, 5.41) is 9.13. The molecule has 112 valence electrons. The lowest BCUT2D eigenvalue weighted by Crippen LogP contribution is -2.14. The number of benzene rings is 1. The van der Waals surface area contributed by atoms with Crippen molar-refractivity contribution in [1.29, 1.82) is 0 Å². The van der Waals surface area contributed by atoms with Gasteiger partial charge in [0.25, 0.3) is 10.0 Å². The van der Waals surface area contributed by atoms with Crippen molar-refractivity contribution in [3.63, 3.8) is 0 Å². The summed E-state index contributed by atoms with van der Waals surface area (Å²) in [4.78, 5) is 11.2. The van der Waals surface area contributed by atoms with Crippen molar-refractivity contribution in [1.82, 2.24) is 0 Å². The van der Waals surface area contributed by atoms with Crippen molar-refractivity contribution in [2.45, 2.75) is 11.1 Å². The van der Waals surface area contributed by atoms with Crippen LogP contribution in [0.5, 0.6) is 0 Å². The molecule has 1 aromatic heterocycles. The lowest BCUT2D eigenvalue weighted by Gasteiger charge is -2.09. The number of halogens is 2. The quantitative estimate of drug-likeness (QED) is 0.799. The van der Waals surface area contributed by atoms with E-state index in [1.807, 2.05) is 0 Å². The second-order valence-electron chi connectivity index (χ2n) is 4.12. The van der Waals surface area contributed by atoms with Crippen LogP contribution in [0.3, 0.4) is 0 Å². The topological polar surface area (TPSA) is 83.5 Å². The molecular weight excluding hydrogens is 402 g/mol. The van der Waals surface area contributed by atoms with E-state index in [4.69, 9.17) is 16.7 Å². The summed E-state index contributed by atoms with van der Waals surface area (Å²) < 4.78 is 27.8. The average Bonchev–Trinajstić information content (AvgIpc) is 2.72. The van der Waals surface area contributed by atoms with E-state index in [1.54, 1.807) is 13.0 Å². The SMILES string of the molecule is Cc1cc(S(=O)(=O)Nc2ccc(Br)cc2C(=O)O)sc1Cl. The summed E-state index contributed by atoms with van der Waals surface area (Å²) in [5.41, 5.74) is 0.497. The number of sulfonamides is 1. The summed E-state index contributed by atoms with van der Waals surface area (Å²) in [7, 11) is -3.88. The predicted octanol–water partition coefficient (Wildman–Crippen LogP) is 3.97. The third-order valence-corrected chi connectivity index (χ3v) is 6.44. The van der Waals surface area contributed by atoms with Crippen molar-refractivity contribution in [3.8, 4) is 0 Å². The summed E-state index contributed by atoms with van der Waals surface area (Å²) in [6.45, 7) is 1.69. The number of aryl methyl sites for hydroxylation is 1. The molecule has 0 radical (unpaired) electrons. The molecule has 2 aromatic rings. The number of rotatable bonds is 4. The first-order valence-electron chi connectivity index (χ1n) is 5.52. The summed E-state index contributed by atoms with van der Waals surface area (Å²) >= 11 is 9.93. The summed E-state index contributed by atoms with van der Waals surface area (Å²) in [6, 6.07) is 5.70. The average molecular weight is 411 g/mol. The Kier molecular flexibility index (Phi) is 4.62. The highest BCUT2D eigenvalue weighted by Gasteiger charge is 2.21. The van der Waals surface area contributed by atoms with E-state index >= 15 is 0 Å². The first kappa shape index (κ1) is 16.3. The highest BCUT2D eigenvalue weighted by molar-refractivity contribution is 9.10. The molecule has 5 nitrogen and oxygen atoms in total. The fourth-order valence-corrected chi connectivity index (χ4v) is 4.69. The van der Waals surface area contributed by atoms with E-state index in [2.05, 4.69) is 20.7 Å². The van der Waals surface area contributed by atoms with E-state index in [0.717, 1.165) is 11.3 Å². The molecule has 0 saturated heterocycles. The van der Waals surface area contributed by atoms with E-state index in [9.17, 15) is 13.2 Å². The van der Waals surface area contributed by atoms with Gasteiger partial charge in [0, 0.05) is 4.47 Å². The van der Waals surface area contributed by atoms with Crippen molar-refractivity contribution in [2.24, 2.45) is 0 Å². The highest BCUT2D eigenvalue weighted by Crippen LogP contribution is 2.32. The van der Waals surface area contributed by atoms with Gasteiger partial charge in [0.15, 0.2) is 0 Å². The van der Waals surface area contributed by atoms with Crippen LogP contribution in [-0.4, -0.2) is 19.5 Å². The first-order chi connectivity index (χ1) is 9.70. The fourth-order valence-electron chi connectivity index (χ4n) is 1.54. The third-order valence-electron chi connectivity index (χ3n) is 2.56. The monoisotopic (exact) mass is 409 g/mol. The highest BCUT2D eigenvalue weighted by atomic mass is 79.9. The van der Waals surface area contributed by atoms with Crippen LogP contribution in [0.15, 0.2) is 32.9 Å². The van der Waals surface area contributed by atoms with Gasteiger partial charge < -0.3 is 5.11 Å². The Labute approximate surface area is 138 Å². The molecule has 0 fully saturated rings. The maximum absolute atomic E-state index is 12.3. The van der Waals surface area contributed by atoms with Crippen LogP contribution in [-0.2, 0) is 10.0 Å². The number of hydrogen-bond donors (Lipinski definition) is 2. The van der Waals surface area contributed by atoms with Crippen LogP contribution in [0.25, 0.3) is 0 Å². The number of carbonyl (C=O) groups is 1. The zero-order chi connectivity index (χ0) is 15.8. The molecule has 0 amide bonds. The molecule has 21 heavy (non-hydrogen) atoms. The number of nitrogens with one attached hydrogen (secondary N) is 1. The zero-order valence-corrected chi connectivity index (χ0v) is 14.5. The van der Waals surface area contributed by atoms with Gasteiger partial charge in [0.05, 0.1) is 15.6 Å². The molecule has 0 atom stereocenters. The molecule has 0 aliphatic carbocycles. The molecule has 2 N–H and O–H groups in total. The normalized spacial score (nSPS) is 11.4. The second kappa shape index (κ2) is 5.96. The van der Waals surface area contributed by atoms with Gasteiger partial charge in [-0.05, 0) is 36.8 Å². The second-order valence-corrected chi connectivity index (χ2v) is 8.60. The van der Waals surface area contributed by atoms with Crippen LogP contribution in [0.4, 0.5) is 5.69 Å². The smallest absolute Gasteiger partial charge is 0.337 e. The number of carboxylic acids is 1. The van der Waals surface area contributed by atoms with Crippen molar-refractivity contribution < 1.29 is 18.3 Å². The Hall–Kier alpha value is -1.09. The number of aromatic carboxylic acids is 1. The van der Waals surface area contributed by atoms with Crippen LogP contribution in [0.1, 0.15) is 15.9 Å². The Bertz CT molecular complexity index is 797. The summed E-state index contributed by atoms with van der Waals surface area (Å²) in [5.74, 6) is -1.23. The Balaban J connectivity index is 2.44. The van der Waals surface area contributed by atoms with E-state index in [-0.39, 0.29) is 15.5 Å². The lowest BCUT2D eigenvalue weighted by atomic mass is 10.2. The summed E-state index contributed by atoms with van der Waals surface area (Å²) in [6.07, 6.45) is 0. The molecule has 0 aliphatic rings. The van der Waals surface area contributed by atoms with Crippen LogP contribution < -0.4 is 4.72 Å². The van der Waals surface area contributed by atoms with E-state index in [1.165, 1.54) is 18.2 Å². The molecule has 0 unspecified atom stereocenters. The Morgan fingerprint density at radius 3 is 2.57 bits per heavy atom. The van der Waals surface area contributed by atoms with Crippen LogP contribution in [0.2, 0.25) is 4.34 Å². The molecule has 1 heterocycles. The molecule has 1 aromatic carbocycles. The van der Waals surface area contributed by atoms with Crippen molar-refractivity contribution >= 4 is 60.5 Å². The minimum atomic E-state index is -3.88. The first-order valence-corrected chi connectivity index (χ1v) is 8.99. The zero-order valence-electron chi connectivity index (χ0n) is 10.6.